The van der Waals surface area contributed by atoms with Gasteiger partial charge in [0.25, 0.3) is 0 Å². The highest BCUT2D eigenvalue weighted by Gasteiger charge is 2.22. The molecule has 0 spiro atoms. The Balaban J connectivity index is 3.93. The van der Waals surface area contributed by atoms with Crippen LogP contribution in [0.4, 0.5) is 0 Å². The summed E-state index contributed by atoms with van der Waals surface area (Å²) in [6, 6.07) is 0. The minimum absolute atomic E-state index is 0.0320. The van der Waals surface area contributed by atoms with Gasteiger partial charge in [0.05, 0.1) is 6.61 Å². The Morgan fingerprint density at radius 3 is 1.42 bits per heavy atom. The molecule has 0 aliphatic heterocycles. The summed E-state index contributed by atoms with van der Waals surface area (Å²) in [6.07, 6.45) is 25.6. The predicted molar refractivity (Wildman–Crippen MR) is 179 cm³/mol. The van der Waals surface area contributed by atoms with Crippen LogP contribution in [-0.4, -0.2) is 53.5 Å². The molecule has 0 unspecified atom stereocenters. The lowest BCUT2D eigenvalue weighted by molar-refractivity contribution is -0.161. The van der Waals surface area contributed by atoms with Crippen LogP contribution in [0.1, 0.15) is 174 Å². The Bertz CT molecular complexity index is 775. The molecule has 0 heterocycles. The number of esters is 2. The number of carbonyl (C=O) groups excluding carboxylic acids is 3. The summed E-state index contributed by atoms with van der Waals surface area (Å²) in [5.41, 5.74) is 0. The summed E-state index contributed by atoms with van der Waals surface area (Å²) in [5, 5.41) is 2.82. The lowest BCUT2D eigenvalue weighted by Gasteiger charge is -2.18. The van der Waals surface area contributed by atoms with Gasteiger partial charge in [-0.15, -0.1) is 0 Å². The molecule has 0 aromatic rings. The molecule has 0 aromatic carbocycles. The van der Waals surface area contributed by atoms with Crippen molar-refractivity contribution >= 4 is 25.7 Å². The van der Waals surface area contributed by atoms with Crippen LogP contribution in [0.2, 0.25) is 0 Å². The maximum atomic E-state index is 12.3. The van der Waals surface area contributed by atoms with Crippen molar-refractivity contribution in [3.05, 3.63) is 0 Å². The van der Waals surface area contributed by atoms with E-state index in [2.05, 4.69) is 16.8 Å². The van der Waals surface area contributed by atoms with Crippen LogP contribution in [-0.2, 0) is 32.9 Å². The zero-order valence-electron chi connectivity index (χ0n) is 28.6. The number of phosphoric acid groups is 1. The molecule has 3 N–H and O–H groups in total. The largest absolute Gasteiger partial charge is 0.469 e. The number of hydrogen-bond donors (Lipinski definition) is 3. The number of hydrogen-bond acceptors (Lipinski definition) is 7. The quantitative estimate of drug-likeness (QED) is 0.0357. The summed E-state index contributed by atoms with van der Waals surface area (Å²) >= 11 is 0. The fourth-order valence-corrected chi connectivity index (χ4v) is 5.52. The molecule has 266 valence electrons. The predicted octanol–water partition coefficient (Wildman–Crippen LogP) is 8.46. The lowest BCUT2D eigenvalue weighted by Crippen LogP contribution is -2.29. The molecule has 0 rings (SSSR count). The highest BCUT2D eigenvalue weighted by Crippen LogP contribution is 2.36. The van der Waals surface area contributed by atoms with Gasteiger partial charge in [-0.25, -0.2) is 4.57 Å². The summed E-state index contributed by atoms with van der Waals surface area (Å²) in [5.74, 6) is -0.879. The Hall–Kier alpha value is -1.48. The molecule has 0 fully saturated rings. The van der Waals surface area contributed by atoms with E-state index in [1.807, 2.05) is 0 Å². The Morgan fingerprint density at radius 1 is 0.600 bits per heavy atom. The molecule has 0 aliphatic carbocycles. The van der Waals surface area contributed by atoms with E-state index in [1.165, 1.54) is 83.5 Å². The van der Waals surface area contributed by atoms with E-state index in [-0.39, 0.29) is 25.4 Å². The number of unbranched alkanes of at least 4 members (excludes halogenated alkanes) is 21. The molecule has 0 aromatic heterocycles. The van der Waals surface area contributed by atoms with E-state index in [0.29, 0.717) is 12.8 Å². The van der Waals surface area contributed by atoms with Gasteiger partial charge in [0.2, 0.25) is 5.91 Å². The van der Waals surface area contributed by atoms with E-state index in [0.717, 1.165) is 57.9 Å². The van der Waals surface area contributed by atoms with Crippen molar-refractivity contribution in [2.75, 3.05) is 19.8 Å². The van der Waals surface area contributed by atoms with E-state index in [1.54, 1.807) is 6.92 Å². The van der Waals surface area contributed by atoms with Crippen LogP contribution in [0.25, 0.3) is 0 Å². The zero-order valence-corrected chi connectivity index (χ0v) is 29.5. The maximum absolute atomic E-state index is 12.3. The first-order valence-corrected chi connectivity index (χ1v) is 19.5. The molecule has 0 radical (unpaired) electrons. The number of rotatable bonds is 33. The van der Waals surface area contributed by atoms with Crippen molar-refractivity contribution in [1.29, 1.82) is 0 Å². The Labute approximate surface area is 273 Å². The number of phosphoric ester groups is 1. The van der Waals surface area contributed by atoms with Gasteiger partial charge in [0.15, 0.2) is 6.10 Å². The first kappa shape index (κ1) is 43.5. The van der Waals surface area contributed by atoms with E-state index >= 15 is 0 Å². The molecule has 45 heavy (non-hydrogen) atoms. The number of carbonyl (C=O) groups is 3. The van der Waals surface area contributed by atoms with Gasteiger partial charge >= 0.3 is 19.8 Å². The first-order valence-electron chi connectivity index (χ1n) is 17.9. The van der Waals surface area contributed by atoms with Crippen LogP contribution in [0.15, 0.2) is 0 Å². The fourth-order valence-electron chi connectivity index (χ4n) is 5.16. The molecule has 10 nitrogen and oxygen atoms in total. The van der Waals surface area contributed by atoms with E-state index in [4.69, 9.17) is 19.3 Å². The standard InChI is InChI=1S/C34H66NO9P/c1-3-4-5-6-7-8-9-11-15-18-21-24-27-34(38)44-32(30-43-45(39,40)41)29-42-33(37)26-23-20-17-14-12-10-13-16-19-22-25-28-35-31(2)36/h32H,3-30H2,1-2H3,(H,35,36)(H2,39,40,41)/t32-/m0/s1. The smallest absolute Gasteiger partial charge is 0.462 e. The minimum Gasteiger partial charge on any atom is -0.462 e. The topological polar surface area (TPSA) is 148 Å². The van der Waals surface area contributed by atoms with Crippen LogP contribution in [0, 0.1) is 0 Å². The minimum atomic E-state index is -4.75. The summed E-state index contributed by atoms with van der Waals surface area (Å²) < 4.78 is 26.2. The number of amides is 1. The van der Waals surface area contributed by atoms with Crippen LogP contribution >= 0.6 is 7.82 Å². The van der Waals surface area contributed by atoms with Crippen molar-refractivity contribution in [1.82, 2.24) is 5.32 Å². The fraction of sp³-hybridized carbons (Fsp3) is 0.912. The van der Waals surface area contributed by atoms with Gasteiger partial charge in [0.1, 0.15) is 6.61 Å². The highest BCUT2D eigenvalue weighted by molar-refractivity contribution is 7.46. The van der Waals surface area contributed by atoms with Gasteiger partial charge in [-0.1, -0.05) is 135 Å². The third-order valence-electron chi connectivity index (χ3n) is 7.82. The van der Waals surface area contributed by atoms with Gasteiger partial charge in [0, 0.05) is 26.3 Å². The molecule has 11 heteroatoms. The van der Waals surface area contributed by atoms with Crippen molar-refractivity contribution in [2.24, 2.45) is 0 Å². The van der Waals surface area contributed by atoms with Crippen molar-refractivity contribution in [3.8, 4) is 0 Å². The molecule has 1 amide bonds. The number of nitrogens with one attached hydrogen (secondary N) is 1. The average molecular weight is 664 g/mol. The van der Waals surface area contributed by atoms with Gasteiger partial charge in [-0.2, -0.15) is 0 Å². The van der Waals surface area contributed by atoms with Crippen LogP contribution < -0.4 is 5.32 Å². The SMILES string of the molecule is CCCCCCCCCCCCCCC(=O)O[C@@H](COC(=O)CCCCCCCCCCCCCNC(C)=O)COP(=O)(O)O. The van der Waals surface area contributed by atoms with Crippen molar-refractivity contribution in [2.45, 2.75) is 180 Å². The van der Waals surface area contributed by atoms with E-state index in [9.17, 15) is 18.9 Å². The third-order valence-corrected chi connectivity index (χ3v) is 8.31. The molecule has 0 bridgehead atoms. The van der Waals surface area contributed by atoms with Gasteiger partial charge in [-0.3, -0.25) is 18.9 Å². The van der Waals surface area contributed by atoms with Crippen molar-refractivity contribution < 1.29 is 42.7 Å². The monoisotopic (exact) mass is 663 g/mol. The first-order chi connectivity index (χ1) is 21.6. The van der Waals surface area contributed by atoms with Crippen LogP contribution in [0.3, 0.4) is 0 Å². The molecule has 0 saturated heterocycles. The molecule has 1 atom stereocenters. The second kappa shape index (κ2) is 31.1. The highest BCUT2D eigenvalue weighted by atomic mass is 31.2. The van der Waals surface area contributed by atoms with Crippen LogP contribution in [0.5, 0.6) is 0 Å². The Morgan fingerprint density at radius 2 is 1.00 bits per heavy atom. The van der Waals surface area contributed by atoms with E-state index < -0.39 is 32.5 Å². The van der Waals surface area contributed by atoms with Gasteiger partial charge in [-0.05, 0) is 19.3 Å². The second-order valence-electron chi connectivity index (χ2n) is 12.3. The average Bonchev–Trinajstić information content (AvgIpc) is 2.98. The summed E-state index contributed by atoms with van der Waals surface area (Å²) in [4.78, 5) is 53.4. The van der Waals surface area contributed by atoms with Crippen molar-refractivity contribution in [3.63, 3.8) is 0 Å². The Kier molecular flexibility index (Phi) is 30.1. The third kappa shape index (κ3) is 35.2. The molecular weight excluding hydrogens is 597 g/mol. The van der Waals surface area contributed by atoms with Gasteiger partial charge < -0.3 is 24.6 Å². The number of ether oxygens (including phenoxy) is 2. The maximum Gasteiger partial charge on any atom is 0.469 e. The second-order valence-corrected chi connectivity index (χ2v) is 13.6. The molecular formula is C34H66NO9P. The lowest BCUT2D eigenvalue weighted by atomic mass is 10.0. The summed E-state index contributed by atoms with van der Waals surface area (Å²) in [6.45, 7) is 3.70. The zero-order chi connectivity index (χ0) is 33.4. The normalized spacial score (nSPS) is 12.2. The summed E-state index contributed by atoms with van der Waals surface area (Å²) in [7, 11) is -4.75. The molecule has 0 saturated carbocycles. The molecule has 0 aliphatic rings.